The third-order valence-corrected chi connectivity index (χ3v) is 5.02. The number of rotatable bonds is 4. The number of halogens is 1. The summed E-state index contributed by atoms with van der Waals surface area (Å²) >= 11 is 0. The van der Waals surface area contributed by atoms with Crippen LogP contribution in [-0.2, 0) is 16.8 Å². The first-order valence-electron chi connectivity index (χ1n) is 8.45. The van der Waals surface area contributed by atoms with Crippen LogP contribution in [0.5, 0.6) is 0 Å². The van der Waals surface area contributed by atoms with E-state index in [1.54, 1.807) is 36.3 Å². The Morgan fingerprint density at radius 1 is 1.12 bits per heavy atom. The van der Waals surface area contributed by atoms with Crippen molar-refractivity contribution in [2.24, 2.45) is 0 Å². The maximum absolute atomic E-state index is 14.2. The van der Waals surface area contributed by atoms with Gasteiger partial charge in [0, 0.05) is 30.7 Å². The van der Waals surface area contributed by atoms with Crippen molar-refractivity contribution < 1.29 is 9.18 Å². The summed E-state index contributed by atoms with van der Waals surface area (Å²) < 4.78 is 14.2. The number of nitrogens with zero attached hydrogens (tertiary/aromatic N) is 2. The van der Waals surface area contributed by atoms with Crippen LogP contribution < -0.4 is 0 Å². The van der Waals surface area contributed by atoms with Gasteiger partial charge in [-0.3, -0.25) is 9.78 Å². The first kappa shape index (κ1) is 15.8. The van der Waals surface area contributed by atoms with Gasteiger partial charge in [-0.1, -0.05) is 42.5 Å². The van der Waals surface area contributed by atoms with E-state index in [9.17, 15) is 9.18 Å². The molecule has 4 heteroatoms. The largest absolute Gasteiger partial charge is 0.341 e. The van der Waals surface area contributed by atoms with Gasteiger partial charge in [-0.25, -0.2) is 4.39 Å². The predicted molar refractivity (Wildman–Crippen MR) is 95.5 cm³/mol. The molecule has 0 unspecified atom stereocenters. The van der Waals surface area contributed by atoms with Crippen LogP contribution in [0.25, 0.3) is 10.9 Å². The molecule has 2 aromatic carbocycles. The molecule has 3 nitrogen and oxygen atoms in total. The van der Waals surface area contributed by atoms with Gasteiger partial charge in [-0.2, -0.15) is 0 Å². The SMILES string of the molecule is CN(Cc1cccc2cccnc12)C(=O)C1(c2ccccc2F)CC1. The highest BCUT2D eigenvalue weighted by Gasteiger charge is 2.53. The lowest BCUT2D eigenvalue weighted by molar-refractivity contribution is -0.133. The van der Waals surface area contributed by atoms with Gasteiger partial charge >= 0.3 is 0 Å². The topological polar surface area (TPSA) is 33.2 Å². The Balaban J connectivity index is 1.62. The van der Waals surface area contributed by atoms with E-state index >= 15 is 0 Å². The molecule has 1 aliphatic rings. The number of fused-ring (bicyclic) bond motifs is 1. The summed E-state index contributed by atoms with van der Waals surface area (Å²) in [5.41, 5.74) is 1.72. The third-order valence-electron chi connectivity index (χ3n) is 5.02. The van der Waals surface area contributed by atoms with Crippen molar-refractivity contribution in [3.8, 4) is 0 Å². The average molecular weight is 334 g/mol. The zero-order chi connectivity index (χ0) is 17.4. The summed E-state index contributed by atoms with van der Waals surface area (Å²) in [7, 11) is 1.78. The van der Waals surface area contributed by atoms with E-state index in [1.165, 1.54) is 6.07 Å². The van der Waals surface area contributed by atoms with Crippen molar-refractivity contribution in [2.75, 3.05) is 7.05 Å². The molecule has 4 rings (SSSR count). The number of benzene rings is 2. The fraction of sp³-hybridized carbons (Fsp3) is 0.238. The Kier molecular flexibility index (Phi) is 3.75. The number of carbonyl (C=O) groups excluding carboxylic acids is 1. The van der Waals surface area contributed by atoms with Crippen molar-refractivity contribution in [3.05, 3.63) is 77.7 Å². The fourth-order valence-electron chi connectivity index (χ4n) is 3.56. The Hall–Kier alpha value is -2.75. The van der Waals surface area contributed by atoms with Crippen LogP contribution in [0.15, 0.2) is 60.8 Å². The van der Waals surface area contributed by atoms with Crippen molar-refractivity contribution in [1.29, 1.82) is 0 Å². The predicted octanol–water partition coefficient (Wildman–Crippen LogP) is 4.06. The molecule has 0 atom stereocenters. The van der Waals surface area contributed by atoms with E-state index in [0.29, 0.717) is 24.9 Å². The monoisotopic (exact) mass is 334 g/mol. The molecule has 1 saturated carbocycles. The zero-order valence-corrected chi connectivity index (χ0v) is 14.1. The molecule has 1 aromatic heterocycles. The number of hydrogen-bond acceptors (Lipinski definition) is 2. The molecule has 0 saturated heterocycles. The Labute approximate surface area is 146 Å². The Morgan fingerprint density at radius 2 is 1.88 bits per heavy atom. The lowest BCUT2D eigenvalue weighted by atomic mass is 9.93. The van der Waals surface area contributed by atoms with E-state index in [1.807, 2.05) is 30.3 Å². The lowest BCUT2D eigenvalue weighted by Gasteiger charge is -2.24. The first-order chi connectivity index (χ1) is 12.1. The molecule has 0 bridgehead atoms. The van der Waals surface area contributed by atoms with Crippen molar-refractivity contribution in [1.82, 2.24) is 9.88 Å². The van der Waals surface area contributed by atoms with E-state index in [0.717, 1.165) is 16.5 Å². The summed E-state index contributed by atoms with van der Waals surface area (Å²) in [4.78, 5) is 19.2. The van der Waals surface area contributed by atoms with Gasteiger partial charge in [0.05, 0.1) is 10.9 Å². The normalized spacial score (nSPS) is 15.1. The van der Waals surface area contributed by atoms with E-state index < -0.39 is 5.41 Å². The highest BCUT2D eigenvalue weighted by atomic mass is 19.1. The summed E-state index contributed by atoms with van der Waals surface area (Å²) in [6.45, 7) is 0.462. The summed E-state index contributed by atoms with van der Waals surface area (Å²) in [5, 5.41) is 1.05. The first-order valence-corrected chi connectivity index (χ1v) is 8.45. The number of hydrogen-bond donors (Lipinski definition) is 0. The second-order valence-corrected chi connectivity index (χ2v) is 6.72. The Morgan fingerprint density at radius 3 is 2.64 bits per heavy atom. The second-order valence-electron chi connectivity index (χ2n) is 6.72. The highest BCUT2D eigenvalue weighted by Crippen LogP contribution is 2.50. The molecule has 25 heavy (non-hydrogen) atoms. The molecule has 0 N–H and O–H groups in total. The molecule has 0 aliphatic heterocycles. The maximum Gasteiger partial charge on any atom is 0.233 e. The molecule has 1 heterocycles. The van der Waals surface area contributed by atoms with Gasteiger partial charge in [-0.05, 0) is 30.5 Å². The average Bonchev–Trinajstić information content (AvgIpc) is 3.43. The minimum Gasteiger partial charge on any atom is -0.341 e. The van der Waals surface area contributed by atoms with Crippen LogP contribution in [0.4, 0.5) is 4.39 Å². The van der Waals surface area contributed by atoms with Gasteiger partial charge in [0.2, 0.25) is 5.91 Å². The van der Waals surface area contributed by atoms with Crippen LogP contribution in [0.3, 0.4) is 0 Å². The molecule has 0 spiro atoms. The van der Waals surface area contributed by atoms with Crippen molar-refractivity contribution >= 4 is 16.8 Å². The van der Waals surface area contributed by atoms with E-state index in [2.05, 4.69) is 4.98 Å². The Bertz CT molecular complexity index is 944. The summed E-state index contributed by atoms with van der Waals surface area (Å²) in [6, 6.07) is 16.5. The zero-order valence-electron chi connectivity index (χ0n) is 14.1. The van der Waals surface area contributed by atoms with Gasteiger partial charge < -0.3 is 4.90 Å². The van der Waals surface area contributed by atoms with Crippen LogP contribution in [0.2, 0.25) is 0 Å². The molecule has 1 aliphatic carbocycles. The third kappa shape index (κ3) is 2.68. The van der Waals surface area contributed by atoms with Crippen LogP contribution in [-0.4, -0.2) is 22.8 Å². The molecular formula is C21H19FN2O. The number of pyridine rings is 1. The van der Waals surface area contributed by atoms with Gasteiger partial charge in [-0.15, -0.1) is 0 Å². The molecule has 126 valence electrons. The molecule has 1 amide bonds. The van der Waals surface area contributed by atoms with Crippen molar-refractivity contribution in [3.63, 3.8) is 0 Å². The molecular weight excluding hydrogens is 315 g/mol. The van der Waals surface area contributed by atoms with Gasteiger partial charge in [0.15, 0.2) is 0 Å². The van der Waals surface area contributed by atoms with Gasteiger partial charge in [0.1, 0.15) is 5.82 Å². The number of amides is 1. The van der Waals surface area contributed by atoms with E-state index in [-0.39, 0.29) is 11.7 Å². The fourth-order valence-corrected chi connectivity index (χ4v) is 3.56. The smallest absolute Gasteiger partial charge is 0.233 e. The minimum absolute atomic E-state index is 0.0227. The van der Waals surface area contributed by atoms with E-state index in [4.69, 9.17) is 0 Å². The number of aromatic nitrogens is 1. The van der Waals surface area contributed by atoms with Crippen molar-refractivity contribution in [2.45, 2.75) is 24.8 Å². The second kappa shape index (κ2) is 5.96. The number of para-hydroxylation sites is 1. The number of carbonyl (C=O) groups is 1. The number of likely N-dealkylation sites (N-methyl/N-ethyl adjacent to an activating group) is 1. The van der Waals surface area contributed by atoms with Crippen LogP contribution in [0.1, 0.15) is 24.0 Å². The molecule has 0 radical (unpaired) electrons. The van der Waals surface area contributed by atoms with Crippen LogP contribution in [0, 0.1) is 5.82 Å². The maximum atomic E-state index is 14.2. The minimum atomic E-state index is -0.696. The summed E-state index contributed by atoms with van der Waals surface area (Å²) in [5.74, 6) is -0.320. The highest BCUT2D eigenvalue weighted by molar-refractivity contribution is 5.91. The summed E-state index contributed by atoms with van der Waals surface area (Å²) in [6.07, 6.45) is 3.16. The lowest BCUT2D eigenvalue weighted by Crippen LogP contribution is -2.36. The quantitative estimate of drug-likeness (QED) is 0.721. The standard InChI is InChI=1S/C21H19FN2O/c1-24(14-16-7-4-6-15-8-5-13-23-19(15)16)20(25)21(11-12-21)17-9-2-3-10-18(17)22/h2-10,13H,11-12,14H2,1H3. The van der Waals surface area contributed by atoms with Crippen LogP contribution >= 0.6 is 0 Å². The molecule has 3 aromatic rings. The van der Waals surface area contributed by atoms with Gasteiger partial charge in [0.25, 0.3) is 0 Å². The molecule has 1 fully saturated rings.